The zero-order valence-electron chi connectivity index (χ0n) is 16.7. The average molecular weight is 480 g/mol. The van der Waals surface area contributed by atoms with Gasteiger partial charge < -0.3 is 29.7 Å². The first-order valence-corrected chi connectivity index (χ1v) is 8.51. The van der Waals surface area contributed by atoms with Gasteiger partial charge in [-0.25, -0.2) is 4.99 Å². The SMILES string of the molecule is CCNC(=NCc1cc(OC)c(OC)c(OC)c1)NCCCN(C)C.I. The standard InChI is InChI=1S/C18H32N4O3.HI/c1-7-19-18(20-9-8-10-22(2)3)21-13-14-11-15(23-4)17(25-6)16(12-14)24-5;/h11-12H,7-10,13H2,1-6H3,(H2,19,20,21);1H. The molecular formula is C18H33IN4O3. The summed E-state index contributed by atoms with van der Waals surface area (Å²) in [4.78, 5) is 6.80. The molecule has 0 radical (unpaired) electrons. The number of hydrogen-bond acceptors (Lipinski definition) is 5. The third-order valence-corrected chi connectivity index (χ3v) is 3.56. The molecule has 0 saturated heterocycles. The number of hydrogen-bond donors (Lipinski definition) is 2. The lowest BCUT2D eigenvalue weighted by atomic mass is 10.2. The molecule has 7 nitrogen and oxygen atoms in total. The van der Waals surface area contributed by atoms with Gasteiger partial charge >= 0.3 is 0 Å². The largest absolute Gasteiger partial charge is 0.493 e. The van der Waals surface area contributed by atoms with Crippen molar-refractivity contribution in [2.45, 2.75) is 19.9 Å². The predicted molar refractivity (Wildman–Crippen MR) is 118 cm³/mol. The van der Waals surface area contributed by atoms with Gasteiger partial charge in [0.2, 0.25) is 5.75 Å². The van der Waals surface area contributed by atoms with Crippen molar-refractivity contribution in [1.29, 1.82) is 0 Å². The maximum absolute atomic E-state index is 5.39. The molecule has 0 amide bonds. The molecular weight excluding hydrogens is 447 g/mol. The number of benzene rings is 1. The second-order valence-electron chi connectivity index (χ2n) is 5.81. The molecule has 0 saturated carbocycles. The molecule has 0 aliphatic heterocycles. The predicted octanol–water partition coefficient (Wildman–Crippen LogP) is 2.34. The quantitative estimate of drug-likeness (QED) is 0.232. The topological polar surface area (TPSA) is 67.4 Å². The maximum Gasteiger partial charge on any atom is 0.203 e. The van der Waals surface area contributed by atoms with Crippen LogP contribution in [0.25, 0.3) is 0 Å². The van der Waals surface area contributed by atoms with Gasteiger partial charge in [0, 0.05) is 13.1 Å². The van der Waals surface area contributed by atoms with Crippen molar-refractivity contribution in [3.8, 4) is 17.2 Å². The highest BCUT2D eigenvalue weighted by atomic mass is 127. The molecule has 0 aliphatic carbocycles. The van der Waals surface area contributed by atoms with Crippen LogP contribution in [0.3, 0.4) is 0 Å². The zero-order valence-corrected chi connectivity index (χ0v) is 19.0. The van der Waals surface area contributed by atoms with Crippen LogP contribution in [0, 0.1) is 0 Å². The Kier molecular flexibility index (Phi) is 13.0. The molecule has 0 bridgehead atoms. The Labute approximate surface area is 174 Å². The van der Waals surface area contributed by atoms with Crippen molar-refractivity contribution in [1.82, 2.24) is 15.5 Å². The molecule has 150 valence electrons. The van der Waals surface area contributed by atoms with Crippen LogP contribution in [0.5, 0.6) is 17.2 Å². The number of rotatable bonds is 10. The van der Waals surface area contributed by atoms with Crippen LogP contribution in [0.15, 0.2) is 17.1 Å². The van der Waals surface area contributed by atoms with E-state index in [4.69, 9.17) is 14.2 Å². The minimum atomic E-state index is 0. The van der Waals surface area contributed by atoms with E-state index in [0.717, 1.165) is 37.6 Å². The van der Waals surface area contributed by atoms with E-state index in [2.05, 4.69) is 41.5 Å². The summed E-state index contributed by atoms with van der Waals surface area (Å²) in [6.07, 6.45) is 1.06. The van der Waals surface area contributed by atoms with Crippen LogP contribution in [0.4, 0.5) is 0 Å². The first kappa shape index (κ1) is 24.6. The van der Waals surface area contributed by atoms with Crippen molar-refractivity contribution in [3.63, 3.8) is 0 Å². The van der Waals surface area contributed by atoms with Gasteiger partial charge in [0.1, 0.15) is 0 Å². The lowest BCUT2D eigenvalue weighted by Crippen LogP contribution is -2.38. The van der Waals surface area contributed by atoms with Gasteiger partial charge in [-0.2, -0.15) is 0 Å². The van der Waals surface area contributed by atoms with Gasteiger partial charge in [0.05, 0.1) is 27.9 Å². The second kappa shape index (κ2) is 13.7. The van der Waals surface area contributed by atoms with Crippen LogP contribution in [0.2, 0.25) is 0 Å². The molecule has 0 fully saturated rings. The van der Waals surface area contributed by atoms with Gasteiger partial charge in [0.15, 0.2) is 17.5 Å². The average Bonchev–Trinajstić information content (AvgIpc) is 2.61. The Bertz CT molecular complexity index is 528. The molecule has 0 aromatic heterocycles. The van der Waals surface area contributed by atoms with E-state index in [1.165, 1.54) is 0 Å². The van der Waals surface area contributed by atoms with Crippen molar-refractivity contribution < 1.29 is 14.2 Å². The summed E-state index contributed by atoms with van der Waals surface area (Å²) >= 11 is 0. The monoisotopic (exact) mass is 480 g/mol. The molecule has 1 rings (SSSR count). The number of nitrogens with zero attached hydrogens (tertiary/aromatic N) is 2. The van der Waals surface area contributed by atoms with Crippen LogP contribution in [-0.4, -0.2) is 65.9 Å². The summed E-state index contributed by atoms with van der Waals surface area (Å²) in [5.74, 6) is 2.66. The third-order valence-electron chi connectivity index (χ3n) is 3.56. The van der Waals surface area contributed by atoms with E-state index < -0.39 is 0 Å². The fraction of sp³-hybridized carbons (Fsp3) is 0.611. The molecule has 0 spiro atoms. The minimum absolute atomic E-state index is 0. The molecule has 0 unspecified atom stereocenters. The first-order chi connectivity index (χ1) is 12.0. The molecule has 0 aliphatic rings. The minimum Gasteiger partial charge on any atom is -0.493 e. The number of ether oxygens (including phenoxy) is 3. The van der Waals surface area contributed by atoms with Gasteiger partial charge in [-0.05, 0) is 51.7 Å². The zero-order chi connectivity index (χ0) is 18.7. The highest BCUT2D eigenvalue weighted by molar-refractivity contribution is 14.0. The smallest absolute Gasteiger partial charge is 0.203 e. The molecule has 1 aromatic carbocycles. The summed E-state index contributed by atoms with van der Waals surface area (Å²) in [5.41, 5.74) is 0.986. The van der Waals surface area contributed by atoms with E-state index in [9.17, 15) is 0 Å². The number of halogens is 1. The Hall–Kier alpha value is -1.42. The summed E-state index contributed by atoms with van der Waals surface area (Å²) in [5, 5.41) is 6.61. The normalized spacial score (nSPS) is 11.0. The molecule has 0 heterocycles. The lowest BCUT2D eigenvalue weighted by molar-refractivity contribution is 0.324. The van der Waals surface area contributed by atoms with Crippen LogP contribution >= 0.6 is 24.0 Å². The van der Waals surface area contributed by atoms with Crippen molar-refractivity contribution >= 4 is 29.9 Å². The molecule has 26 heavy (non-hydrogen) atoms. The molecule has 2 N–H and O–H groups in total. The Morgan fingerprint density at radius 1 is 1.04 bits per heavy atom. The number of methoxy groups -OCH3 is 3. The van der Waals surface area contributed by atoms with Gasteiger partial charge in [-0.1, -0.05) is 0 Å². The summed E-state index contributed by atoms with van der Waals surface area (Å²) in [6, 6.07) is 3.83. The highest BCUT2D eigenvalue weighted by Gasteiger charge is 2.13. The Balaban J connectivity index is 0.00000625. The van der Waals surface area contributed by atoms with E-state index >= 15 is 0 Å². The van der Waals surface area contributed by atoms with Crippen LogP contribution in [-0.2, 0) is 6.54 Å². The molecule has 1 aromatic rings. The molecule has 0 atom stereocenters. The first-order valence-electron chi connectivity index (χ1n) is 8.51. The highest BCUT2D eigenvalue weighted by Crippen LogP contribution is 2.38. The van der Waals surface area contributed by atoms with Crippen molar-refractivity contribution in [3.05, 3.63) is 17.7 Å². The van der Waals surface area contributed by atoms with Crippen molar-refractivity contribution in [2.75, 3.05) is 55.1 Å². The summed E-state index contributed by atoms with van der Waals surface area (Å²) in [6.45, 7) is 5.30. The Morgan fingerprint density at radius 2 is 1.65 bits per heavy atom. The number of aliphatic imine (C=N–C) groups is 1. The van der Waals surface area contributed by atoms with Crippen LogP contribution in [0.1, 0.15) is 18.9 Å². The van der Waals surface area contributed by atoms with Crippen LogP contribution < -0.4 is 24.8 Å². The van der Waals surface area contributed by atoms with E-state index in [1.54, 1.807) is 21.3 Å². The fourth-order valence-electron chi connectivity index (χ4n) is 2.34. The maximum atomic E-state index is 5.39. The summed E-state index contributed by atoms with van der Waals surface area (Å²) in [7, 11) is 8.97. The molecule has 8 heteroatoms. The van der Waals surface area contributed by atoms with E-state index in [1.807, 2.05) is 12.1 Å². The lowest BCUT2D eigenvalue weighted by Gasteiger charge is -2.15. The van der Waals surface area contributed by atoms with Crippen molar-refractivity contribution in [2.24, 2.45) is 4.99 Å². The van der Waals surface area contributed by atoms with Gasteiger partial charge in [-0.15, -0.1) is 24.0 Å². The third kappa shape index (κ3) is 8.31. The number of guanidine groups is 1. The summed E-state index contributed by atoms with van der Waals surface area (Å²) < 4.78 is 16.1. The Morgan fingerprint density at radius 3 is 2.12 bits per heavy atom. The van der Waals surface area contributed by atoms with Gasteiger partial charge in [-0.3, -0.25) is 0 Å². The van der Waals surface area contributed by atoms with E-state index in [-0.39, 0.29) is 24.0 Å². The van der Waals surface area contributed by atoms with E-state index in [0.29, 0.717) is 23.8 Å². The van der Waals surface area contributed by atoms with Gasteiger partial charge in [0.25, 0.3) is 0 Å². The fourth-order valence-corrected chi connectivity index (χ4v) is 2.34. The number of nitrogens with one attached hydrogen (secondary N) is 2. The second-order valence-corrected chi connectivity index (χ2v) is 5.81.